The molecule has 0 aliphatic heterocycles. The van der Waals surface area contributed by atoms with Crippen LogP contribution in [0.2, 0.25) is 0 Å². The zero-order chi connectivity index (χ0) is 49.1. The first-order chi connectivity index (χ1) is 29.7. The Bertz CT molecular complexity index is 2180. The van der Waals surface area contributed by atoms with Crippen LogP contribution in [-0.4, -0.2) is 136 Å². The zero-order valence-corrected chi connectivity index (χ0v) is 39.9. The average molecular weight is 891 g/mol. The van der Waals surface area contributed by atoms with Gasteiger partial charge in [-0.1, -0.05) is 0 Å². The molecule has 22 heteroatoms. The van der Waals surface area contributed by atoms with Gasteiger partial charge in [0.25, 0.3) is 0 Å². The standard InChI is InChI=1S/C9H14N2O2.2C8H12N2O2.2C7H10N2O2.2CH4O/c1-5-13-9(12)8-10-6(2)7(3)11(8)4;1-5-6(2)10(3)7(9-5)8(11)12-4;1-4-12-8(11)7-9-6(2)5-10(7)3;1-5-4-9(2)6(8-5)7(10)11-3;1-3-11-7(10)6-8-4-5-9(6)2;2*1-2/h5H2,1-4H3;1-4H3;5H,4H2,1-3H3;4H,1-3H3;4-5H,3H2,1-2H3;2*2H,1H3. The summed E-state index contributed by atoms with van der Waals surface area (Å²) in [5, 5.41) is 14.0. The molecule has 352 valence electrons. The summed E-state index contributed by atoms with van der Waals surface area (Å²) in [6.45, 7) is 17.7. The summed E-state index contributed by atoms with van der Waals surface area (Å²) in [4.78, 5) is 75.6. The Morgan fingerprint density at radius 3 is 1.08 bits per heavy atom. The van der Waals surface area contributed by atoms with Gasteiger partial charge in [0.15, 0.2) is 0 Å². The first kappa shape index (κ1) is 58.4. The molecule has 5 aromatic rings. The average Bonchev–Trinajstić information content (AvgIpc) is 4.07. The predicted octanol–water partition coefficient (Wildman–Crippen LogP) is 3.27. The van der Waals surface area contributed by atoms with Gasteiger partial charge in [-0.3, -0.25) is 0 Å². The monoisotopic (exact) mass is 890 g/mol. The molecular weight excluding hydrogens is 825 g/mol. The Morgan fingerprint density at radius 1 is 0.492 bits per heavy atom. The van der Waals surface area contributed by atoms with Crippen molar-refractivity contribution in [3.63, 3.8) is 0 Å². The molecule has 0 atom stereocenters. The highest BCUT2D eigenvalue weighted by molar-refractivity contribution is 5.87. The molecule has 0 fully saturated rings. The van der Waals surface area contributed by atoms with Crippen molar-refractivity contribution in [2.24, 2.45) is 35.2 Å². The fourth-order valence-corrected chi connectivity index (χ4v) is 4.74. The van der Waals surface area contributed by atoms with E-state index in [-0.39, 0.29) is 17.9 Å². The first-order valence-electron chi connectivity index (χ1n) is 19.2. The number of hydrogen-bond acceptors (Lipinski definition) is 17. The summed E-state index contributed by atoms with van der Waals surface area (Å²) in [7, 11) is 13.6. The molecule has 5 heterocycles. The second kappa shape index (κ2) is 30.4. The van der Waals surface area contributed by atoms with Crippen molar-refractivity contribution in [3.8, 4) is 0 Å². The van der Waals surface area contributed by atoms with E-state index >= 15 is 0 Å². The third kappa shape index (κ3) is 18.5. The number of nitrogens with zero attached hydrogens (tertiary/aromatic N) is 10. The number of hydrogen-bond donors (Lipinski definition) is 2. The number of ether oxygens (including phenoxy) is 5. The lowest BCUT2D eigenvalue weighted by Gasteiger charge is -2.01. The van der Waals surface area contributed by atoms with Crippen LogP contribution < -0.4 is 0 Å². The molecular formula is C41H66N10O12. The molecule has 0 bridgehead atoms. The van der Waals surface area contributed by atoms with E-state index < -0.39 is 11.9 Å². The lowest BCUT2D eigenvalue weighted by Crippen LogP contribution is -2.11. The highest BCUT2D eigenvalue weighted by Gasteiger charge is 2.17. The molecule has 5 rings (SSSR count). The lowest BCUT2D eigenvalue weighted by atomic mass is 10.4. The molecule has 0 aliphatic carbocycles. The molecule has 2 N–H and O–H groups in total. The summed E-state index contributed by atoms with van der Waals surface area (Å²) in [5.41, 5.74) is 5.33. The maximum absolute atomic E-state index is 11.3. The molecule has 0 spiro atoms. The summed E-state index contributed by atoms with van der Waals surface area (Å²) in [5.74, 6) is -0.140. The van der Waals surface area contributed by atoms with Crippen molar-refractivity contribution in [2.45, 2.75) is 62.3 Å². The van der Waals surface area contributed by atoms with Crippen LogP contribution >= 0.6 is 0 Å². The van der Waals surface area contributed by atoms with Gasteiger partial charge in [-0.15, -0.1) is 0 Å². The SMILES string of the molecule is CCOC(=O)c1nc(C)c(C)n1C.CCOC(=O)c1nc(C)cn1C.CCOC(=O)c1nccn1C.CO.CO.COC(=O)c1nc(C)c(C)n1C.COC(=O)c1nc(C)cn1C. The van der Waals surface area contributed by atoms with Crippen LogP contribution in [0.25, 0.3) is 0 Å². The number of carbonyl (C=O) groups is 5. The van der Waals surface area contributed by atoms with Crippen molar-refractivity contribution in [2.75, 3.05) is 48.3 Å². The van der Waals surface area contributed by atoms with Gasteiger partial charge >= 0.3 is 29.8 Å². The number of aliphatic hydroxyl groups excluding tert-OH is 2. The van der Waals surface area contributed by atoms with Crippen molar-refractivity contribution in [3.05, 3.63) is 88.1 Å². The number of aliphatic hydroxyl groups is 2. The number of rotatable bonds is 8. The fourth-order valence-electron chi connectivity index (χ4n) is 4.74. The fraction of sp³-hybridized carbons (Fsp3) is 0.512. The highest BCUT2D eigenvalue weighted by Crippen LogP contribution is 2.10. The van der Waals surface area contributed by atoms with Gasteiger partial charge in [-0.2, -0.15) is 0 Å². The van der Waals surface area contributed by atoms with Crippen LogP contribution in [0.1, 0.15) is 108 Å². The van der Waals surface area contributed by atoms with E-state index in [1.54, 1.807) is 96.6 Å². The van der Waals surface area contributed by atoms with E-state index in [1.807, 2.05) is 48.6 Å². The molecule has 5 aromatic heterocycles. The van der Waals surface area contributed by atoms with Crippen molar-refractivity contribution < 1.29 is 57.9 Å². The maximum Gasteiger partial charge on any atom is 0.374 e. The Balaban J connectivity index is 0. The van der Waals surface area contributed by atoms with E-state index in [0.717, 1.165) is 48.4 Å². The molecule has 0 aromatic carbocycles. The predicted molar refractivity (Wildman–Crippen MR) is 231 cm³/mol. The summed E-state index contributed by atoms with van der Waals surface area (Å²) < 4.78 is 31.9. The Labute approximate surface area is 368 Å². The van der Waals surface area contributed by atoms with Crippen LogP contribution in [0.4, 0.5) is 0 Å². The minimum Gasteiger partial charge on any atom is -0.463 e. The Morgan fingerprint density at radius 2 is 0.810 bits per heavy atom. The van der Waals surface area contributed by atoms with Gasteiger partial charge in [-0.05, 0) is 62.3 Å². The van der Waals surface area contributed by atoms with Crippen molar-refractivity contribution in [1.82, 2.24) is 47.8 Å². The van der Waals surface area contributed by atoms with Crippen LogP contribution in [0.3, 0.4) is 0 Å². The third-order valence-electron chi connectivity index (χ3n) is 8.16. The molecule has 0 radical (unpaired) electrons. The van der Waals surface area contributed by atoms with Gasteiger partial charge in [-0.25, -0.2) is 48.9 Å². The van der Waals surface area contributed by atoms with Crippen molar-refractivity contribution >= 4 is 29.8 Å². The number of methoxy groups -OCH3 is 2. The highest BCUT2D eigenvalue weighted by atomic mass is 16.5. The van der Waals surface area contributed by atoms with E-state index in [2.05, 4.69) is 34.4 Å². The van der Waals surface area contributed by atoms with E-state index in [9.17, 15) is 24.0 Å². The van der Waals surface area contributed by atoms with Crippen LogP contribution in [0, 0.1) is 41.5 Å². The van der Waals surface area contributed by atoms with Crippen LogP contribution in [0.5, 0.6) is 0 Å². The Hall–Kier alpha value is -6.68. The third-order valence-corrected chi connectivity index (χ3v) is 8.16. The molecule has 0 aliphatic rings. The van der Waals surface area contributed by atoms with Gasteiger partial charge in [0, 0.05) is 85.6 Å². The second-order valence-electron chi connectivity index (χ2n) is 12.5. The van der Waals surface area contributed by atoms with Gasteiger partial charge in [0.2, 0.25) is 29.1 Å². The normalized spacial score (nSPS) is 9.46. The minimum atomic E-state index is -0.402. The quantitative estimate of drug-likeness (QED) is 0.167. The molecule has 0 amide bonds. The molecule has 0 saturated heterocycles. The smallest absolute Gasteiger partial charge is 0.374 e. The number of esters is 5. The minimum absolute atomic E-state index is 0.338. The largest absolute Gasteiger partial charge is 0.463 e. The first-order valence-corrected chi connectivity index (χ1v) is 19.2. The van der Waals surface area contributed by atoms with E-state index in [0.29, 0.717) is 48.9 Å². The van der Waals surface area contributed by atoms with Crippen molar-refractivity contribution in [1.29, 1.82) is 0 Å². The second-order valence-corrected chi connectivity index (χ2v) is 12.5. The van der Waals surface area contributed by atoms with Gasteiger partial charge < -0.3 is 56.7 Å². The van der Waals surface area contributed by atoms with Crippen LogP contribution in [-0.2, 0) is 58.9 Å². The topological polar surface area (TPSA) is 261 Å². The molecule has 63 heavy (non-hydrogen) atoms. The lowest BCUT2D eigenvalue weighted by molar-refractivity contribution is 0.0498. The molecule has 0 unspecified atom stereocenters. The summed E-state index contributed by atoms with van der Waals surface area (Å²) in [6.07, 6.45) is 6.82. The molecule has 22 nitrogen and oxygen atoms in total. The summed E-state index contributed by atoms with van der Waals surface area (Å²) >= 11 is 0. The van der Waals surface area contributed by atoms with Gasteiger partial charge in [0.05, 0.1) is 56.8 Å². The number of aromatic nitrogens is 10. The number of aryl methyl sites for hydroxylation is 7. The molecule has 0 saturated carbocycles. The van der Waals surface area contributed by atoms with Crippen LogP contribution in [0.15, 0.2) is 24.8 Å². The van der Waals surface area contributed by atoms with Gasteiger partial charge in [0.1, 0.15) is 0 Å². The zero-order valence-electron chi connectivity index (χ0n) is 39.9. The Kier molecular flexibility index (Phi) is 28.2. The van der Waals surface area contributed by atoms with E-state index in [4.69, 9.17) is 24.4 Å². The summed E-state index contributed by atoms with van der Waals surface area (Å²) in [6, 6.07) is 0. The maximum atomic E-state index is 11.3. The van der Waals surface area contributed by atoms with E-state index in [1.165, 1.54) is 14.2 Å². The number of imidazole rings is 5. The number of carbonyl (C=O) groups excluding carboxylic acids is 5.